The van der Waals surface area contributed by atoms with Crippen LogP contribution in [0.15, 0.2) is 48.5 Å². The first-order chi connectivity index (χ1) is 14.4. The van der Waals surface area contributed by atoms with Crippen molar-refractivity contribution >= 4 is 10.0 Å². The average molecular weight is 459 g/mol. The highest BCUT2D eigenvalue weighted by molar-refractivity contribution is 7.90. The number of nitrogens with one attached hydrogen (secondary N) is 1. The van der Waals surface area contributed by atoms with Crippen LogP contribution in [0.3, 0.4) is 0 Å². The molecule has 0 saturated carbocycles. The van der Waals surface area contributed by atoms with E-state index in [0.29, 0.717) is 16.7 Å². The molecule has 0 spiro atoms. The lowest BCUT2D eigenvalue weighted by molar-refractivity contribution is -0.153. The third-order valence-corrected chi connectivity index (χ3v) is 6.94. The van der Waals surface area contributed by atoms with E-state index < -0.39 is 39.7 Å². The van der Waals surface area contributed by atoms with Crippen LogP contribution in [0.25, 0.3) is 11.1 Å². The van der Waals surface area contributed by atoms with Gasteiger partial charge in [-0.2, -0.15) is 13.2 Å². The van der Waals surface area contributed by atoms with E-state index >= 15 is 0 Å². The summed E-state index contributed by atoms with van der Waals surface area (Å²) >= 11 is 0. The first-order valence-electron chi connectivity index (χ1n) is 9.63. The Kier molecular flexibility index (Phi) is 6.66. The Morgan fingerprint density at radius 3 is 2.45 bits per heavy atom. The molecule has 1 heterocycles. The van der Waals surface area contributed by atoms with E-state index in [-0.39, 0.29) is 19.0 Å². The summed E-state index contributed by atoms with van der Waals surface area (Å²) in [5, 5.41) is 10.5. The molecular formula is C21H24F3NO5S. The molecule has 0 aliphatic carbocycles. The fourth-order valence-electron chi connectivity index (χ4n) is 3.25. The van der Waals surface area contributed by atoms with Crippen LogP contribution in [0, 0.1) is 0 Å². The standard InChI is InChI=1S/C21H24F3NO5S/c1-14(2)31(27,28)25-19-11-29-12-20(19,26)16-9-7-15(8-10-16)17-5-3-4-6-18(17)30-13-21(22,23)24/h3-10,14,19,25-26H,11-13H2,1-2H3. The van der Waals surface area contributed by atoms with Gasteiger partial charge in [0.2, 0.25) is 10.0 Å². The number of benzene rings is 2. The molecule has 2 aromatic rings. The van der Waals surface area contributed by atoms with Gasteiger partial charge in [-0.05, 0) is 31.0 Å². The van der Waals surface area contributed by atoms with Crippen LogP contribution in [0.2, 0.25) is 0 Å². The van der Waals surface area contributed by atoms with Gasteiger partial charge in [0.1, 0.15) is 11.4 Å². The van der Waals surface area contributed by atoms with E-state index in [1.807, 2.05) is 0 Å². The van der Waals surface area contributed by atoms with Gasteiger partial charge in [-0.25, -0.2) is 13.1 Å². The van der Waals surface area contributed by atoms with Gasteiger partial charge in [0.15, 0.2) is 6.61 Å². The molecule has 6 nitrogen and oxygen atoms in total. The average Bonchev–Trinajstić information content (AvgIpc) is 3.07. The Bertz CT molecular complexity index is 1010. The maximum atomic E-state index is 12.5. The van der Waals surface area contributed by atoms with Crippen molar-refractivity contribution in [2.75, 3.05) is 19.8 Å². The second-order valence-corrected chi connectivity index (χ2v) is 9.95. The Morgan fingerprint density at radius 2 is 1.84 bits per heavy atom. The summed E-state index contributed by atoms with van der Waals surface area (Å²) in [5.41, 5.74) is -0.0976. The monoisotopic (exact) mass is 459 g/mol. The van der Waals surface area contributed by atoms with Gasteiger partial charge in [-0.15, -0.1) is 0 Å². The molecule has 0 radical (unpaired) electrons. The summed E-state index contributed by atoms with van der Waals surface area (Å²) in [6, 6.07) is 11.9. The van der Waals surface area contributed by atoms with Gasteiger partial charge in [0, 0.05) is 5.56 Å². The SMILES string of the molecule is CC(C)S(=O)(=O)NC1COCC1(O)c1ccc(-c2ccccc2OCC(F)(F)F)cc1. The lowest BCUT2D eigenvalue weighted by Gasteiger charge is -2.29. The first-order valence-corrected chi connectivity index (χ1v) is 11.2. The van der Waals surface area contributed by atoms with Gasteiger partial charge in [-0.3, -0.25) is 0 Å². The molecule has 2 aromatic carbocycles. The fourth-order valence-corrected chi connectivity index (χ4v) is 4.18. The predicted octanol–water partition coefficient (Wildman–Crippen LogP) is 3.21. The van der Waals surface area contributed by atoms with Crippen molar-refractivity contribution in [3.8, 4) is 16.9 Å². The molecule has 170 valence electrons. The van der Waals surface area contributed by atoms with Gasteiger partial charge in [-0.1, -0.05) is 42.5 Å². The minimum absolute atomic E-state index is 0.0122. The fraction of sp³-hybridized carbons (Fsp3) is 0.429. The van der Waals surface area contributed by atoms with E-state index in [4.69, 9.17) is 9.47 Å². The summed E-state index contributed by atoms with van der Waals surface area (Å²) in [6.07, 6.45) is -4.46. The summed E-state index contributed by atoms with van der Waals surface area (Å²) in [6.45, 7) is 1.58. The summed E-state index contributed by atoms with van der Waals surface area (Å²) in [7, 11) is -3.63. The van der Waals surface area contributed by atoms with Crippen LogP contribution >= 0.6 is 0 Å². The zero-order chi connectivity index (χ0) is 22.9. The summed E-state index contributed by atoms with van der Waals surface area (Å²) in [4.78, 5) is 0. The topological polar surface area (TPSA) is 84.9 Å². The van der Waals surface area contributed by atoms with Crippen LogP contribution in [0.1, 0.15) is 19.4 Å². The largest absolute Gasteiger partial charge is 0.483 e. The molecule has 31 heavy (non-hydrogen) atoms. The lowest BCUT2D eigenvalue weighted by atomic mass is 9.88. The number of hydrogen-bond acceptors (Lipinski definition) is 5. The van der Waals surface area contributed by atoms with Crippen LogP contribution in [-0.4, -0.2) is 50.8 Å². The van der Waals surface area contributed by atoms with Crippen LogP contribution in [-0.2, 0) is 20.4 Å². The van der Waals surface area contributed by atoms with Gasteiger partial charge in [0.25, 0.3) is 0 Å². The highest BCUT2D eigenvalue weighted by atomic mass is 32.2. The molecule has 1 saturated heterocycles. The molecule has 0 amide bonds. The summed E-state index contributed by atoms with van der Waals surface area (Å²) < 4.78 is 74.9. The molecule has 2 atom stereocenters. The molecule has 3 rings (SSSR count). The Balaban J connectivity index is 1.85. The third kappa shape index (κ3) is 5.38. The number of sulfonamides is 1. The minimum Gasteiger partial charge on any atom is -0.483 e. The van der Waals surface area contributed by atoms with Crippen molar-refractivity contribution in [2.45, 2.75) is 36.9 Å². The van der Waals surface area contributed by atoms with Crippen molar-refractivity contribution in [3.05, 3.63) is 54.1 Å². The molecule has 2 N–H and O–H groups in total. The van der Waals surface area contributed by atoms with Gasteiger partial charge in [0.05, 0.1) is 24.5 Å². The number of para-hydroxylation sites is 1. The highest BCUT2D eigenvalue weighted by Crippen LogP contribution is 2.35. The van der Waals surface area contributed by atoms with Gasteiger partial charge < -0.3 is 14.6 Å². The number of rotatable bonds is 7. The third-order valence-electron chi connectivity index (χ3n) is 5.08. The molecular weight excluding hydrogens is 435 g/mol. The van der Waals surface area contributed by atoms with Gasteiger partial charge >= 0.3 is 6.18 Å². The van der Waals surface area contributed by atoms with Crippen molar-refractivity contribution < 1.29 is 36.2 Å². The number of hydrogen-bond donors (Lipinski definition) is 2. The normalized spacial score (nSPS) is 22.1. The summed E-state index contributed by atoms with van der Waals surface area (Å²) in [5.74, 6) is 0.0815. The smallest absolute Gasteiger partial charge is 0.422 e. The van der Waals surface area contributed by atoms with Crippen molar-refractivity contribution in [3.63, 3.8) is 0 Å². The second kappa shape index (κ2) is 8.78. The number of aliphatic hydroxyl groups is 1. The quantitative estimate of drug-likeness (QED) is 0.664. The molecule has 10 heteroatoms. The van der Waals surface area contributed by atoms with E-state index in [1.54, 1.807) is 42.5 Å². The van der Waals surface area contributed by atoms with E-state index in [9.17, 15) is 26.7 Å². The minimum atomic E-state index is -4.46. The van der Waals surface area contributed by atoms with E-state index in [1.165, 1.54) is 19.9 Å². The second-order valence-electron chi connectivity index (χ2n) is 7.68. The molecule has 1 aliphatic heterocycles. The first kappa shape index (κ1) is 23.5. The van der Waals surface area contributed by atoms with Crippen LogP contribution in [0.5, 0.6) is 5.75 Å². The van der Waals surface area contributed by atoms with Crippen molar-refractivity contribution in [2.24, 2.45) is 0 Å². The Labute approximate surface area is 179 Å². The van der Waals surface area contributed by atoms with E-state index in [0.717, 1.165) is 0 Å². The number of alkyl halides is 3. The maximum Gasteiger partial charge on any atom is 0.422 e. The van der Waals surface area contributed by atoms with E-state index in [2.05, 4.69) is 4.72 Å². The van der Waals surface area contributed by atoms with Crippen LogP contribution in [0.4, 0.5) is 13.2 Å². The highest BCUT2D eigenvalue weighted by Gasteiger charge is 2.46. The maximum absolute atomic E-state index is 12.5. The Morgan fingerprint density at radius 1 is 1.19 bits per heavy atom. The lowest BCUT2D eigenvalue weighted by Crippen LogP contribution is -2.51. The van der Waals surface area contributed by atoms with Crippen molar-refractivity contribution in [1.29, 1.82) is 0 Å². The predicted molar refractivity (Wildman–Crippen MR) is 109 cm³/mol. The Hall–Kier alpha value is -2.14. The van der Waals surface area contributed by atoms with Crippen molar-refractivity contribution in [1.82, 2.24) is 4.72 Å². The molecule has 1 aliphatic rings. The van der Waals surface area contributed by atoms with Crippen LogP contribution < -0.4 is 9.46 Å². The molecule has 2 unspecified atom stereocenters. The molecule has 1 fully saturated rings. The molecule has 0 bridgehead atoms. The zero-order valence-corrected chi connectivity index (χ0v) is 17.8. The zero-order valence-electron chi connectivity index (χ0n) is 17.0. The number of ether oxygens (including phenoxy) is 2. The number of halogens is 3. The molecule has 0 aromatic heterocycles.